The number of hydrogen-bond acceptors (Lipinski definition) is 3. The van der Waals surface area contributed by atoms with Crippen molar-refractivity contribution < 1.29 is 4.74 Å². The van der Waals surface area contributed by atoms with E-state index in [1.807, 2.05) is 11.3 Å². The van der Waals surface area contributed by atoms with Gasteiger partial charge in [0, 0.05) is 24.9 Å². The summed E-state index contributed by atoms with van der Waals surface area (Å²) in [4.78, 5) is 3.94. The molecule has 1 fully saturated rings. The van der Waals surface area contributed by atoms with Gasteiger partial charge in [-0.1, -0.05) is 0 Å². The Kier molecular flexibility index (Phi) is 3.62. The molecule has 0 bridgehead atoms. The van der Waals surface area contributed by atoms with Crippen LogP contribution in [0.2, 0.25) is 0 Å². The lowest BCUT2D eigenvalue weighted by molar-refractivity contribution is -0.0175. The summed E-state index contributed by atoms with van der Waals surface area (Å²) in [6.07, 6.45) is 6.95. The SMILES string of the molecule is CN(C)c1sc([C@@H]2C[C@H]2OC(C)(C)C)c2c1CCCC2. The molecule has 0 N–H and O–H groups in total. The number of hydrogen-bond donors (Lipinski definition) is 0. The topological polar surface area (TPSA) is 12.5 Å². The first kappa shape index (κ1) is 14.4. The van der Waals surface area contributed by atoms with Crippen LogP contribution in [0.1, 0.15) is 62.0 Å². The van der Waals surface area contributed by atoms with Gasteiger partial charge in [0.1, 0.15) is 0 Å². The molecule has 2 atom stereocenters. The van der Waals surface area contributed by atoms with E-state index in [-0.39, 0.29) is 5.60 Å². The smallest absolute Gasteiger partial charge is 0.0941 e. The van der Waals surface area contributed by atoms with Gasteiger partial charge in [-0.3, -0.25) is 0 Å². The summed E-state index contributed by atoms with van der Waals surface area (Å²) in [7, 11) is 4.36. The van der Waals surface area contributed by atoms with Crippen LogP contribution in [0.3, 0.4) is 0 Å². The van der Waals surface area contributed by atoms with Gasteiger partial charge in [-0.25, -0.2) is 0 Å². The molecule has 1 aromatic heterocycles. The first-order valence-corrected chi connectivity index (χ1v) is 8.68. The number of rotatable bonds is 3. The van der Waals surface area contributed by atoms with Gasteiger partial charge in [-0.15, -0.1) is 11.3 Å². The zero-order valence-corrected chi connectivity index (χ0v) is 14.3. The Morgan fingerprint density at radius 2 is 1.75 bits per heavy atom. The highest BCUT2D eigenvalue weighted by Gasteiger charge is 2.45. The number of thiophene rings is 1. The molecular weight excluding hydrogens is 266 g/mol. The predicted molar refractivity (Wildman–Crippen MR) is 87.3 cm³/mol. The summed E-state index contributed by atoms with van der Waals surface area (Å²) < 4.78 is 6.17. The fourth-order valence-corrected chi connectivity index (χ4v) is 4.82. The van der Waals surface area contributed by atoms with Crippen molar-refractivity contribution in [3.63, 3.8) is 0 Å². The molecule has 2 aliphatic rings. The number of ether oxygens (including phenoxy) is 1. The number of anilines is 1. The van der Waals surface area contributed by atoms with Gasteiger partial charge in [-0.2, -0.15) is 0 Å². The zero-order chi connectivity index (χ0) is 14.5. The summed E-state index contributed by atoms with van der Waals surface area (Å²) >= 11 is 2.03. The second-order valence-electron chi connectivity index (χ2n) is 7.44. The Morgan fingerprint density at radius 1 is 1.10 bits per heavy atom. The van der Waals surface area contributed by atoms with E-state index in [0.717, 1.165) is 0 Å². The van der Waals surface area contributed by atoms with E-state index in [1.165, 1.54) is 37.1 Å². The Labute approximate surface area is 127 Å². The van der Waals surface area contributed by atoms with Crippen molar-refractivity contribution in [2.24, 2.45) is 0 Å². The first-order valence-electron chi connectivity index (χ1n) is 7.86. The Bertz CT molecular complexity index is 498. The van der Waals surface area contributed by atoms with Crippen molar-refractivity contribution in [3.05, 3.63) is 16.0 Å². The standard InChI is InChI=1S/C17H27NOS/c1-17(2,3)19-14-10-13(14)15-11-8-6-7-9-12(11)16(20-15)18(4)5/h13-14H,6-10H2,1-5H3/t13-,14-/m1/s1. The lowest BCUT2D eigenvalue weighted by atomic mass is 9.92. The third kappa shape index (κ3) is 2.75. The molecule has 0 amide bonds. The van der Waals surface area contributed by atoms with Crippen LogP contribution in [0.5, 0.6) is 0 Å². The van der Waals surface area contributed by atoms with Crippen LogP contribution in [-0.2, 0) is 17.6 Å². The van der Waals surface area contributed by atoms with Crippen LogP contribution in [0.4, 0.5) is 5.00 Å². The summed E-state index contributed by atoms with van der Waals surface area (Å²) in [6, 6.07) is 0. The van der Waals surface area contributed by atoms with E-state index in [4.69, 9.17) is 4.74 Å². The van der Waals surface area contributed by atoms with Gasteiger partial charge in [0.05, 0.1) is 16.7 Å². The summed E-state index contributed by atoms with van der Waals surface area (Å²) in [5.41, 5.74) is 3.30. The highest BCUT2D eigenvalue weighted by Crippen LogP contribution is 2.53. The molecule has 2 aliphatic carbocycles. The molecule has 3 rings (SSSR count). The van der Waals surface area contributed by atoms with Crippen molar-refractivity contribution in [1.29, 1.82) is 0 Å². The second kappa shape index (κ2) is 5.03. The molecule has 20 heavy (non-hydrogen) atoms. The fraction of sp³-hybridized carbons (Fsp3) is 0.765. The summed E-state index contributed by atoms with van der Waals surface area (Å²) in [5, 5.41) is 1.50. The quantitative estimate of drug-likeness (QED) is 0.821. The molecule has 0 aliphatic heterocycles. The maximum absolute atomic E-state index is 6.17. The molecule has 0 aromatic carbocycles. The third-order valence-corrected chi connectivity index (χ3v) is 5.78. The maximum Gasteiger partial charge on any atom is 0.0941 e. The molecule has 0 unspecified atom stereocenters. The second-order valence-corrected chi connectivity index (χ2v) is 8.47. The molecule has 112 valence electrons. The van der Waals surface area contributed by atoms with E-state index in [1.54, 1.807) is 16.0 Å². The number of nitrogens with zero attached hydrogens (tertiary/aromatic N) is 1. The third-order valence-electron chi connectivity index (χ3n) is 4.21. The largest absolute Gasteiger partial charge is 0.372 e. The Balaban J connectivity index is 1.84. The minimum atomic E-state index is -0.0128. The van der Waals surface area contributed by atoms with E-state index >= 15 is 0 Å². The highest BCUT2D eigenvalue weighted by atomic mass is 32.1. The van der Waals surface area contributed by atoms with Gasteiger partial charge < -0.3 is 9.64 Å². The van der Waals surface area contributed by atoms with Crippen molar-refractivity contribution in [3.8, 4) is 0 Å². The van der Waals surface area contributed by atoms with E-state index < -0.39 is 0 Å². The molecule has 1 saturated carbocycles. The molecular formula is C17H27NOS. The minimum absolute atomic E-state index is 0.0128. The molecule has 0 spiro atoms. The van der Waals surface area contributed by atoms with Crippen molar-refractivity contribution in [2.45, 2.75) is 70.5 Å². The normalized spacial score (nSPS) is 25.4. The van der Waals surface area contributed by atoms with E-state index in [2.05, 4.69) is 39.8 Å². The molecule has 1 aromatic rings. The minimum Gasteiger partial charge on any atom is -0.372 e. The Hall–Kier alpha value is -0.540. The fourth-order valence-electron chi connectivity index (χ4n) is 3.33. The van der Waals surface area contributed by atoms with Crippen LogP contribution in [0.25, 0.3) is 0 Å². The first-order chi connectivity index (χ1) is 9.37. The monoisotopic (exact) mass is 293 g/mol. The predicted octanol–water partition coefficient (Wildman–Crippen LogP) is 4.36. The van der Waals surface area contributed by atoms with Crippen molar-refractivity contribution in [2.75, 3.05) is 19.0 Å². The zero-order valence-electron chi connectivity index (χ0n) is 13.5. The molecule has 0 saturated heterocycles. The van der Waals surface area contributed by atoms with Crippen molar-refractivity contribution in [1.82, 2.24) is 0 Å². The molecule has 1 heterocycles. The summed E-state index contributed by atoms with van der Waals surface area (Å²) in [6.45, 7) is 6.49. The highest BCUT2D eigenvalue weighted by molar-refractivity contribution is 7.16. The van der Waals surface area contributed by atoms with E-state index in [9.17, 15) is 0 Å². The van der Waals surface area contributed by atoms with Gasteiger partial charge in [0.25, 0.3) is 0 Å². The van der Waals surface area contributed by atoms with Crippen LogP contribution >= 0.6 is 11.3 Å². The average molecular weight is 293 g/mol. The lowest BCUT2D eigenvalue weighted by Gasteiger charge is -2.20. The summed E-state index contributed by atoms with van der Waals surface area (Å²) in [5.74, 6) is 0.666. The average Bonchev–Trinajstić information content (AvgIpc) is 2.97. The van der Waals surface area contributed by atoms with Gasteiger partial charge in [0.2, 0.25) is 0 Å². The number of fused-ring (bicyclic) bond motifs is 1. The molecule has 2 nitrogen and oxygen atoms in total. The van der Waals surface area contributed by atoms with Crippen LogP contribution in [0, 0.1) is 0 Å². The lowest BCUT2D eigenvalue weighted by Crippen LogP contribution is -2.21. The van der Waals surface area contributed by atoms with Crippen LogP contribution in [0.15, 0.2) is 0 Å². The van der Waals surface area contributed by atoms with Crippen molar-refractivity contribution >= 4 is 16.3 Å². The molecule has 3 heteroatoms. The van der Waals surface area contributed by atoms with Gasteiger partial charge in [-0.05, 0) is 64.0 Å². The Morgan fingerprint density at radius 3 is 2.35 bits per heavy atom. The van der Waals surface area contributed by atoms with Gasteiger partial charge in [0.15, 0.2) is 0 Å². The van der Waals surface area contributed by atoms with Gasteiger partial charge >= 0.3 is 0 Å². The van der Waals surface area contributed by atoms with Crippen LogP contribution in [-0.4, -0.2) is 25.8 Å². The maximum atomic E-state index is 6.17. The molecule has 0 radical (unpaired) electrons. The van der Waals surface area contributed by atoms with Crippen LogP contribution < -0.4 is 4.90 Å². The van der Waals surface area contributed by atoms with E-state index in [0.29, 0.717) is 12.0 Å².